The van der Waals surface area contributed by atoms with E-state index in [2.05, 4.69) is 26.2 Å². The molecule has 0 radical (unpaired) electrons. The molecule has 0 atom stereocenters. The maximum atomic E-state index is 12.2. The Balaban J connectivity index is 1.56. The molecule has 3 amide bonds. The van der Waals surface area contributed by atoms with E-state index >= 15 is 0 Å². The number of pyridine rings is 1. The second-order valence-electron chi connectivity index (χ2n) is 5.52. The van der Waals surface area contributed by atoms with Crippen LogP contribution >= 0.6 is 15.9 Å². The number of hydrogen-bond acceptors (Lipinski definition) is 4. The predicted molar refractivity (Wildman–Crippen MR) is 94.4 cm³/mol. The van der Waals surface area contributed by atoms with Gasteiger partial charge in [-0.05, 0) is 40.5 Å². The maximum absolute atomic E-state index is 12.2. The van der Waals surface area contributed by atoms with Crippen LogP contribution in [0.5, 0.6) is 0 Å². The van der Waals surface area contributed by atoms with Crippen LogP contribution in [0.4, 0.5) is 5.69 Å². The fraction of sp³-hybridized carbons (Fsp3) is 0.176. The van der Waals surface area contributed by atoms with Gasteiger partial charge in [0.05, 0.1) is 11.1 Å². The highest BCUT2D eigenvalue weighted by Crippen LogP contribution is 2.22. The molecule has 0 unspecified atom stereocenters. The number of aromatic amines is 1. The number of amides is 3. The molecule has 25 heavy (non-hydrogen) atoms. The number of anilines is 1. The number of hydrogen-bond donors (Lipinski definition) is 2. The van der Waals surface area contributed by atoms with Crippen molar-refractivity contribution in [3.8, 4) is 0 Å². The number of imide groups is 1. The summed E-state index contributed by atoms with van der Waals surface area (Å²) >= 11 is 3.21. The molecule has 1 aromatic heterocycles. The second kappa shape index (κ2) is 7.02. The number of H-pyrrole nitrogens is 1. The topological polar surface area (TPSA) is 99.3 Å². The molecule has 128 valence electrons. The number of carbonyl (C=O) groups excluding carboxylic acids is 3. The SMILES string of the molecule is O=C(CCCN1C(=O)c2ccccc2C1=O)Nc1cc(Br)c[nH]c1=O. The van der Waals surface area contributed by atoms with Crippen LogP contribution in [0.2, 0.25) is 0 Å². The summed E-state index contributed by atoms with van der Waals surface area (Å²) in [6.07, 6.45) is 1.86. The standard InChI is InChI=1S/C17H14BrN3O4/c18-10-8-13(15(23)19-9-10)20-14(22)6-3-7-21-16(24)11-4-1-2-5-12(11)17(21)25/h1-2,4-5,8-9H,3,6-7H2,(H,19,23)(H,20,22). The smallest absolute Gasteiger partial charge is 0.271 e. The first-order valence-electron chi connectivity index (χ1n) is 7.60. The van der Waals surface area contributed by atoms with Crippen LogP contribution in [-0.4, -0.2) is 34.2 Å². The van der Waals surface area contributed by atoms with E-state index in [0.29, 0.717) is 22.0 Å². The molecule has 2 heterocycles. The summed E-state index contributed by atoms with van der Waals surface area (Å²) < 4.78 is 0.633. The third-order valence-corrected chi connectivity index (χ3v) is 4.26. The molecule has 0 saturated heterocycles. The molecule has 1 aliphatic heterocycles. The first-order valence-corrected chi connectivity index (χ1v) is 8.40. The van der Waals surface area contributed by atoms with Gasteiger partial charge >= 0.3 is 0 Å². The number of rotatable bonds is 5. The maximum Gasteiger partial charge on any atom is 0.271 e. The van der Waals surface area contributed by atoms with Crippen molar-refractivity contribution in [1.82, 2.24) is 9.88 Å². The fourth-order valence-corrected chi connectivity index (χ4v) is 2.95. The van der Waals surface area contributed by atoms with E-state index in [1.165, 1.54) is 12.3 Å². The van der Waals surface area contributed by atoms with Crippen molar-refractivity contribution >= 4 is 39.3 Å². The van der Waals surface area contributed by atoms with Crippen molar-refractivity contribution in [2.45, 2.75) is 12.8 Å². The largest absolute Gasteiger partial charge is 0.326 e. The third kappa shape index (κ3) is 3.53. The van der Waals surface area contributed by atoms with Crippen LogP contribution in [0.15, 0.2) is 45.8 Å². The van der Waals surface area contributed by atoms with E-state index in [4.69, 9.17) is 0 Å². The number of fused-ring (bicyclic) bond motifs is 1. The lowest BCUT2D eigenvalue weighted by Gasteiger charge is -2.13. The van der Waals surface area contributed by atoms with E-state index in [-0.39, 0.29) is 36.4 Å². The van der Waals surface area contributed by atoms with E-state index < -0.39 is 5.56 Å². The fourth-order valence-electron chi connectivity index (χ4n) is 2.60. The van der Waals surface area contributed by atoms with Crippen molar-refractivity contribution in [2.75, 3.05) is 11.9 Å². The Bertz CT molecular complexity index is 887. The second-order valence-corrected chi connectivity index (χ2v) is 6.44. The zero-order valence-electron chi connectivity index (χ0n) is 13.0. The van der Waals surface area contributed by atoms with Crippen LogP contribution in [0, 0.1) is 0 Å². The van der Waals surface area contributed by atoms with Crippen LogP contribution in [0.1, 0.15) is 33.6 Å². The van der Waals surface area contributed by atoms with Gasteiger partial charge in [0.2, 0.25) is 5.91 Å². The quantitative estimate of drug-likeness (QED) is 0.746. The minimum Gasteiger partial charge on any atom is -0.326 e. The molecule has 2 N–H and O–H groups in total. The number of benzene rings is 1. The molecule has 1 aliphatic rings. The molecular weight excluding hydrogens is 390 g/mol. The van der Waals surface area contributed by atoms with Crippen molar-refractivity contribution in [3.63, 3.8) is 0 Å². The van der Waals surface area contributed by atoms with Crippen molar-refractivity contribution in [3.05, 3.63) is 62.5 Å². The van der Waals surface area contributed by atoms with E-state index in [1.54, 1.807) is 24.3 Å². The van der Waals surface area contributed by atoms with Crippen LogP contribution in [0.25, 0.3) is 0 Å². The Morgan fingerprint density at radius 2 is 1.76 bits per heavy atom. The van der Waals surface area contributed by atoms with Gasteiger partial charge in [-0.3, -0.25) is 24.1 Å². The number of aromatic nitrogens is 1. The van der Waals surface area contributed by atoms with E-state index in [9.17, 15) is 19.2 Å². The number of nitrogens with zero attached hydrogens (tertiary/aromatic N) is 1. The normalized spacial score (nSPS) is 13.1. The average Bonchev–Trinajstić information content (AvgIpc) is 2.83. The summed E-state index contributed by atoms with van der Waals surface area (Å²) in [4.78, 5) is 51.6. The van der Waals surface area contributed by atoms with Crippen molar-refractivity contribution < 1.29 is 14.4 Å². The summed E-state index contributed by atoms with van der Waals surface area (Å²) in [6, 6.07) is 8.14. The Morgan fingerprint density at radius 1 is 1.12 bits per heavy atom. The highest BCUT2D eigenvalue weighted by molar-refractivity contribution is 9.10. The minimum absolute atomic E-state index is 0.0827. The average molecular weight is 404 g/mol. The van der Waals surface area contributed by atoms with Gasteiger partial charge in [0.15, 0.2) is 0 Å². The predicted octanol–water partition coefficient (Wildman–Crippen LogP) is 2.15. The lowest BCUT2D eigenvalue weighted by Crippen LogP contribution is -2.31. The Labute approximate surface area is 151 Å². The first kappa shape index (κ1) is 17.1. The third-order valence-electron chi connectivity index (χ3n) is 3.81. The van der Waals surface area contributed by atoms with E-state index in [1.807, 2.05) is 0 Å². The summed E-state index contributed by atoms with van der Waals surface area (Å²) in [6.45, 7) is 0.147. The summed E-state index contributed by atoms with van der Waals surface area (Å²) in [7, 11) is 0. The molecule has 8 heteroatoms. The van der Waals surface area contributed by atoms with Gasteiger partial charge < -0.3 is 10.3 Å². The van der Waals surface area contributed by atoms with Crippen LogP contribution in [-0.2, 0) is 4.79 Å². The van der Waals surface area contributed by atoms with Crippen LogP contribution < -0.4 is 10.9 Å². The van der Waals surface area contributed by atoms with Crippen molar-refractivity contribution in [2.24, 2.45) is 0 Å². The molecule has 7 nitrogen and oxygen atoms in total. The van der Waals surface area contributed by atoms with Gasteiger partial charge in [0.25, 0.3) is 17.4 Å². The van der Waals surface area contributed by atoms with Gasteiger partial charge in [-0.1, -0.05) is 12.1 Å². The first-order chi connectivity index (χ1) is 12.0. The number of halogens is 1. The van der Waals surface area contributed by atoms with Crippen molar-refractivity contribution in [1.29, 1.82) is 0 Å². The molecule has 2 aromatic rings. The lowest BCUT2D eigenvalue weighted by molar-refractivity contribution is -0.116. The summed E-state index contributed by atoms with van der Waals surface area (Å²) in [5, 5.41) is 2.51. The van der Waals surface area contributed by atoms with Gasteiger partial charge in [-0.2, -0.15) is 0 Å². The highest BCUT2D eigenvalue weighted by atomic mass is 79.9. The Morgan fingerprint density at radius 3 is 2.40 bits per heavy atom. The van der Waals surface area contributed by atoms with Crippen LogP contribution in [0.3, 0.4) is 0 Å². The molecule has 0 bridgehead atoms. The molecular formula is C17H14BrN3O4. The Kier molecular flexibility index (Phi) is 4.80. The molecule has 1 aromatic carbocycles. The number of carbonyl (C=O) groups is 3. The zero-order chi connectivity index (χ0) is 18.0. The Hall–Kier alpha value is -2.74. The number of nitrogens with one attached hydrogen (secondary N) is 2. The summed E-state index contributed by atoms with van der Waals surface area (Å²) in [5.74, 6) is -1.05. The molecule has 0 spiro atoms. The van der Waals surface area contributed by atoms with E-state index in [0.717, 1.165) is 4.90 Å². The monoisotopic (exact) mass is 403 g/mol. The van der Waals surface area contributed by atoms with Gasteiger partial charge in [-0.25, -0.2) is 0 Å². The van der Waals surface area contributed by atoms with Gasteiger partial charge in [0.1, 0.15) is 5.69 Å². The minimum atomic E-state index is -0.406. The lowest BCUT2D eigenvalue weighted by atomic mass is 10.1. The zero-order valence-corrected chi connectivity index (χ0v) is 14.6. The van der Waals surface area contributed by atoms with Gasteiger partial charge in [-0.15, -0.1) is 0 Å². The van der Waals surface area contributed by atoms with Gasteiger partial charge in [0, 0.05) is 23.6 Å². The molecule has 0 saturated carbocycles. The molecule has 3 rings (SSSR count). The highest BCUT2D eigenvalue weighted by Gasteiger charge is 2.34. The molecule has 0 fully saturated rings. The summed E-state index contributed by atoms with van der Waals surface area (Å²) in [5.41, 5.74) is 0.507. The molecule has 0 aliphatic carbocycles.